The van der Waals surface area contributed by atoms with E-state index in [4.69, 9.17) is 11.6 Å². The van der Waals surface area contributed by atoms with Gasteiger partial charge in [0.2, 0.25) is 0 Å². The van der Waals surface area contributed by atoms with Gasteiger partial charge >= 0.3 is 0 Å². The number of anilines is 1. The molecule has 1 N–H and O–H groups in total. The summed E-state index contributed by atoms with van der Waals surface area (Å²) in [5, 5.41) is 10.7. The first kappa shape index (κ1) is 11.7. The highest BCUT2D eigenvalue weighted by molar-refractivity contribution is 6.38. The lowest BCUT2D eigenvalue weighted by molar-refractivity contribution is 0.679. The van der Waals surface area contributed by atoms with Crippen LogP contribution < -0.4 is 10.7 Å². The molecule has 0 unspecified atom stereocenters. The second-order valence-corrected chi connectivity index (χ2v) is 4.38. The van der Waals surface area contributed by atoms with Crippen molar-refractivity contribution in [2.24, 2.45) is 10.2 Å². The van der Waals surface area contributed by atoms with Crippen molar-refractivity contribution in [1.29, 1.82) is 0 Å². The Morgan fingerprint density at radius 2 is 1.68 bits per heavy atom. The molecule has 2 aromatic carbocycles. The van der Waals surface area contributed by atoms with Crippen LogP contribution in [0.2, 0.25) is 5.02 Å². The number of nitrogens with one attached hydrogen (secondary N) is 1. The summed E-state index contributed by atoms with van der Waals surface area (Å²) < 4.78 is 0. The molecule has 1 heterocycles. The standard InChI is InChI=1S/C14H11ClN4/c15-12-8-4-5-9-14(12)19-16-10-13(17-18-19)11-6-2-1-3-7-11/h1-10,18H. The Morgan fingerprint density at radius 3 is 2.37 bits per heavy atom. The third-order valence-corrected chi connectivity index (χ3v) is 3.03. The van der Waals surface area contributed by atoms with Crippen molar-refractivity contribution in [2.45, 2.75) is 0 Å². The fourth-order valence-electron chi connectivity index (χ4n) is 1.76. The maximum atomic E-state index is 6.11. The van der Waals surface area contributed by atoms with Crippen molar-refractivity contribution in [1.82, 2.24) is 5.53 Å². The number of benzene rings is 2. The minimum atomic E-state index is 0.616. The summed E-state index contributed by atoms with van der Waals surface area (Å²) >= 11 is 6.11. The molecule has 3 rings (SSSR count). The third-order valence-electron chi connectivity index (χ3n) is 2.71. The van der Waals surface area contributed by atoms with Gasteiger partial charge in [0.25, 0.3) is 0 Å². The molecule has 5 heteroatoms. The van der Waals surface area contributed by atoms with Gasteiger partial charge in [0.05, 0.1) is 11.2 Å². The van der Waals surface area contributed by atoms with Crippen LogP contribution in [-0.2, 0) is 0 Å². The Kier molecular flexibility index (Phi) is 3.16. The van der Waals surface area contributed by atoms with E-state index in [2.05, 4.69) is 15.7 Å². The molecule has 0 amide bonds. The molecule has 0 saturated heterocycles. The van der Waals surface area contributed by atoms with E-state index >= 15 is 0 Å². The second-order valence-electron chi connectivity index (χ2n) is 3.97. The van der Waals surface area contributed by atoms with Crippen molar-refractivity contribution < 1.29 is 0 Å². The molecule has 0 aliphatic carbocycles. The molecular formula is C14H11ClN4. The molecule has 94 valence electrons. The van der Waals surface area contributed by atoms with Gasteiger partial charge in [-0.05, 0) is 12.1 Å². The zero-order valence-corrected chi connectivity index (χ0v) is 10.7. The van der Waals surface area contributed by atoms with Crippen molar-refractivity contribution >= 4 is 29.2 Å². The maximum absolute atomic E-state index is 6.11. The van der Waals surface area contributed by atoms with Gasteiger partial charge in [-0.1, -0.05) is 54.1 Å². The van der Waals surface area contributed by atoms with Gasteiger partial charge in [-0.15, -0.1) is 0 Å². The van der Waals surface area contributed by atoms with Crippen molar-refractivity contribution in [2.75, 3.05) is 5.12 Å². The number of nitrogens with zero attached hydrogens (tertiary/aromatic N) is 3. The summed E-state index contributed by atoms with van der Waals surface area (Å²) in [5.74, 6) is 0. The highest BCUT2D eigenvalue weighted by atomic mass is 35.5. The van der Waals surface area contributed by atoms with E-state index in [1.165, 1.54) is 5.12 Å². The van der Waals surface area contributed by atoms with Crippen LogP contribution in [0.1, 0.15) is 5.56 Å². The number of hydrogen-bond acceptors (Lipinski definition) is 4. The molecule has 2 aromatic rings. The summed E-state index contributed by atoms with van der Waals surface area (Å²) in [4.78, 5) is 0. The molecule has 0 bridgehead atoms. The fourth-order valence-corrected chi connectivity index (χ4v) is 1.97. The lowest BCUT2D eigenvalue weighted by Crippen LogP contribution is -2.34. The minimum absolute atomic E-state index is 0.616. The lowest BCUT2D eigenvalue weighted by atomic mass is 10.1. The molecule has 0 atom stereocenters. The first-order valence-electron chi connectivity index (χ1n) is 5.82. The van der Waals surface area contributed by atoms with E-state index in [1.807, 2.05) is 54.6 Å². The maximum Gasteiger partial charge on any atom is 0.112 e. The van der Waals surface area contributed by atoms with E-state index in [0.717, 1.165) is 17.0 Å². The number of rotatable bonds is 2. The van der Waals surface area contributed by atoms with E-state index in [0.29, 0.717) is 5.02 Å². The predicted octanol–water partition coefficient (Wildman–Crippen LogP) is 3.05. The average molecular weight is 271 g/mol. The van der Waals surface area contributed by atoms with Gasteiger partial charge in [-0.25, -0.2) is 0 Å². The predicted molar refractivity (Wildman–Crippen MR) is 78.5 cm³/mol. The molecule has 1 aliphatic heterocycles. The SMILES string of the molecule is Clc1ccccc1N1N=CC(c2ccccc2)=NN1. The highest BCUT2D eigenvalue weighted by Crippen LogP contribution is 2.24. The fraction of sp³-hybridized carbons (Fsp3) is 0. The number of halogens is 1. The summed E-state index contributed by atoms with van der Waals surface area (Å²) in [6, 6.07) is 17.3. The molecular weight excluding hydrogens is 260 g/mol. The van der Waals surface area contributed by atoms with E-state index in [-0.39, 0.29) is 0 Å². The Hall–Kier alpha value is -2.33. The van der Waals surface area contributed by atoms with E-state index in [9.17, 15) is 0 Å². The normalized spacial score (nSPS) is 13.9. The molecule has 0 spiro atoms. The summed E-state index contributed by atoms with van der Waals surface area (Å²) in [5.41, 5.74) is 5.42. The molecule has 0 fully saturated rings. The summed E-state index contributed by atoms with van der Waals surface area (Å²) in [6.45, 7) is 0. The Morgan fingerprint density at radius 1 is 0.947 bits per heavy atom. The van der Waals surface area contributed by atoms with Crippen LogP contribution in [0.3, 0.4) is 0 Å². The van der Waals surface area contributed by atoms with Gasteiger partial charge in [-0.2, -0.15) is 20.9 Å². The van der Waals surface area contributed by atoms with Crippen LogP contribution in [-0.4, -0.2) is 11.9 Å². The first-order valence-corrected chi connectivity index (χ1v) is 6.20. The Balaban J connectivity index is 1.82. The largest absolute Gasteiger partial charge is 0.197 e. The van der Waals surface area contributed by atoms with Crippen molar-refractivity contribution in [3.63, 3.8) is 0 Å². The summed E-state index contributed by atoms with van der Waals surface area (Å²) in [7, 11) is 0. The Labute approximate surface area is 116 Å². The lowest BCUT2D eigenvalue weighted by Gasteiger charge is -2.22. The smallest absolute Gasteiger partial charge is 0.112 e. The van der Waals surface area contributed by atoms with Gasteiger partial charge in [0.1, 0.15) is 11.4 Å². The van der Waals surface area contributed by atoms with Crippen molar-refractivity contribution in [3.8, 4) is 0 Å². The minimum Gasteiger partial charge on any atom is -0.197 e. The molecule has 0 aromatic heterocycles. The monoisotopic (exact) mass is 270 g/mol. The number of hydrogen-bond donors (Lipinski definition) is 1. The summed E-state index contributed by atoms with van der Waals surface area (Å²) in [6.07, 6.45) is 1.70. The zero-order valence-electron chi connectivity index (χ0n) is 9.99. The van der Waals surface area contributed by atoms with Gasteiger partial charge in [-0.3, -0.25) is 0 Å². The average Bonchev–Trinajstić information content (AvgIpc) is 2.49. The van der Waals surface area contributed by atoms with Crippen LogP contribution in [0, 0.1) is 0 Å². The number of hydrazone groups is 2. The molecule has 0 saturated carbocycles. The van der Waals surface area contributed by atoms with Crippen LogP contribution >= 0.6 is 11.6 Å². The number of para-hydroxylation sites is 1. The van der Waals surface area contributed by atoms with Gasteiger partial charge < -0.3 is 0 Å². The van der Waals surface area contributed by atoms with Crippen LogP contribution in [0.5, 0.6) is 0 Å². The molecule has 1 aliphatic rings. The topological polar surface area (TPSA) is 40.0 Å². The van der Waals surface area contributed by atoms with Crippen LogP contribution in [0.25, 0.3) is 0 Å². The first-order chi connectivity index (χ1) is 9.34. The Bertz CT molecular complexity index is 637. The van der Waals surface area contributed by atoms with Gasteiger partial charge in [0, 0.05) is 5.56 Å². The quantitative estimate of drug-likeness (QED) is 0.911. The molecule has 4 nitrogen and oxygen atoms in total. The van der Waals surface area contributed by atoms with E-state index in [1.54, 1.807) is 6.21 Å². The molecule has 0 radical (unpaired) electrons. The third kappa shape index (κ3) is 2.44. The number of hydrazine groups is 1. The van der Waals surface area contributed by atoms with E-state index < -0.39 is 0 Å². The highest BCUT2D eigenvalue weighted by Gasteiger charge is 2.12. The van der Waals surface area contributed by atoms with Gasteiger partial charge in [0.15, 0.2) is 0 Å². The second kappa shape index (κ2) is 5.12. The zero-order chi connectivity index (χ0) is 13.1. The van der Waals surface area contributed by atoms with Crippen LogP contribution in [0.4, 0.5) is 5.69 Å². The van der Waals surface area contributed by atoms with Crippen LogP contribution in [0.15, 0.2) is 64.8 Å². The molecule has 19 heavy (non-hydrogen) atoms. The van der Waals surface area contributed by atoms with Crippen molar-refractivity contribution in [3.05, 3.63) is 65.2 Å².